The summed E-state index contributed by atoms with van der Waals surface area (Å²) in [6, 6.07) is 7.79. The van der Waals surface area contributed by atoms with Crippen LogP contribution >= 0.6 is 11.6 Å². The molecule has 1 aliphatic carbocycles. The summed E-state index contributed by atoms with van der Waals surface area (Å²) in [6.45, 7) is 1.71. The topological polar surface area (TPSA) is 112 Å². The number of halogens is 8. The van der Waals surface area contributed by atoms with Crippen molar-refractivity contribution in [3.63, 3.8) is 0 Å². The van der Waals surface area contributed by atoms with Crippen LogP contribution in [0.1, 0.15) is 76.6 Å². The predicted molar refractivity (Wildman–Crippen MR) is 218 cm³/mol. The molecule has 4 aromatic rings. The molecular weight excluding hydrogens is 835 g/mol. The van der Waals surface area contributed by atoms with Gasteiger partial charge in [-0.2, -0.15) is 0 Å². The number of allylic oxidation sites excluding steroid dienone is 2. The second-order valence-corrected chi connectivity index (χ2v) is 15.6. The van der Waals surface area contributed by atoms with Gasteiger partial charge < -0.3 is 24.6 Å². The fraction of sp³-hybridized carbons (Fsp3) is 0.500. The number of carbonyl (C=O) groups excluding carboxylic acids is 4. The lowest BCUT2D eigenvalue weighted by Gasteiger charge is -2.35. The molecule has 1 aromatic carbocycles. The van der Waals surface area contributed by atoms with Crippen LogP contribution in [0.15, 0.2) is 48.9 Å². The number of fused-ring (bicyclic) bond motifs is 1. The monoisotopic (exact) mass is 883 g/mol. The van der Waals surface area contributed by atoms with Gasteiger partial charge in [0, 0.05) is 126 Å². The molecule has 3 fully saturated rings. The van der Waals surface area contributed by atoms with Gasteiger partial charge >= 0.3 is 11.4 Å². The lowest BCUT2D eigenvalue weighted by molar-refractivity contribution is -0.119. The van der Waals surface area contributed by atoms with E-state index in [4.69, 9.17) is 11.6 Å². The molecule has 332 valence electrons. The Bertz CT molecular complexity index is 2300. The van der Waals surface area contributed by atoms with Crippen LogP contribution in [0.2, 0.25) is 0 Å². The highest BCUT2D eigenvalue weighted by Crippen LogP contribution is 2.41. The summed E-state index contributed by atoms with van der Waals surface area (Å²) in [4.78, 5) is 58.7. The quantitative estimate of drug-likeness (QED) is 0.0932. The lowest BCUT2D eigenvalue weighted by Crippen LogP contribution is -2.49. The smallest absolute Gasteiger partial charge is 0.320 e. The summed E-state index contributed by atoms with van der Waals surface area (Å²) in [5, 5.41) is 2.70. The van der Waals surface area contributed by atoms with Gasteiger partial charge in [0.1, 0.15) is 11.5 Å². The van der Waals surface area contributed by atoms with Crippen molar-refractivity contribution in [2.24, 2.45) is 0 Å². The van der Waals surface area contributed by atoms with E-state index in [2.05, 4.69) is 10.3 Å². The number of imidazole rings is 1. The fourth-order valence-electron chi connectivity index (χ4n) is 7.96. The molecule has 0 radical (unpaired) electrons. The fourth-order valence-corrected chi connectivity index (χ4v) is 8.13. The van der Waals surface area contributed by atoms with E-state index in [1.54, 1.807) is 34.0 Å². The standard InChI is InChI=1S/C29H24F3N5O3.C6H8ClF2NO.C5H9F2N.2CH4/c30-18-11-17-15-36(28(40)34-7-4-29(31,32)5-8-34)10-9-35-16-20(19(12-18)27(17)35)25-22(38)13-23(39)26(25)21-14-33-24-3-1-2-6-37(21)24;7-5(11)10-3-1-6(8,9)2-4-10;6-5(7)1-3-8-4-2-5;;/h1-3,6,11-12,14,16H,4-5,7-10,13,15H2;1-4H2;8H,1-4H2;2*1H4. The molecule has 0 spiro atoms. The number of pyridine rings is 1. The molecule has 0 saturated carbocycles. The summed E-state index contributed by atoms with van der Waals surface area (Å²) in [5.74, 6) is -8.96. The average Bonchev–Trinajstić information content (AvgIpc) is 3.80. The zero-order chi connectivity index (χ0) is 42.3. The minimum absolute atomic E-state index is 0. The first-order valence-corrected chi connectivity index (χ1v) is 19.7. The number of alkyl halides is 6. The number of ketones is 2. The van der Waals surface area contributed by atoms with E-state index in [0.717, 1.165) is 0 Å². The minimum Gasteiger partial charge on any atom is -0.345 e. The predicted octanol–water partition coefficient (Wildman–Crippen LogP) is 8.90. The average molecular weight is 884 g/mol. The summed E-state index contributed by atoms with van der Waals surface area (Å²) in [5.41, 5.74) is 3.30. The molecule has 0 unspecified atom stereocenters. The maximum atomic E-state index is 15.0. The summed E-state index contributed by atoms with van der Waals surface area (Å²) < 4.78 is 95.2. The maximum Gasteiger partial charge on any atom is 0.320 e. The number of rotatable bonds is 2. The van der Waals surface area contributed by atoms with Crippen molar-refractivity contribution in [1.29, 1.82) is 0 Å². The molecule has 5 aliphatic rings. The molecule has 11 nitrogen and oxygen atoms in total. The van der Waals surface area contributed by atoms with Gasteiger partial charge in [0.05, 0.1) is 29.4 Å². The molecule has 0 atom stereocenters. The Hall–Kier alpha value is -4.97. The Labute approximate surface area is 353 Å². The van der Waals surface area contributed by atoms with E-state index in [1.807, 2.05) is 16.7 Å². The summed E-state index contributed by atoms with van der Waals surface area (Å²) >= 11 is 5.09. The number of piperidine rings is 3. The van der Waals surface area contributed by atoms with Crippen LogP contribution < -0.4 is 5.32 Å². The Morgan fingerprint density at radius 1 is 0.738 bits per heavy atom. The van der Waals surface area contributed by atoms with Crippen molar-refractivity contribution in [3.05, 3.63) is 71.6 Å². The Kier molecular flexibility index (Phi) is 14.3. The van der Waals surface area contributed by atoms with E-state index in [9.17, 15) is 45.5 Å². The van der Waals surface area contributed by atoms with Gasteiger partial charge in [-0.15, -0.1) is 0 Å². The van der Waals surface area contributed by atoms with Crippen molar-refractivity contribution < 1.29 is 49.9 Å². The SMILES string of the molecule is C.C.FC1(F)CCNCC1.O=C(Cl)N1CCC(F)(F)CC1.O=C1CC(=O)C(c2cnc3ccccn23)=C1c1cn2c3c(cc(F)cc13)CN(C(=O)N1CCC(F)(F)CC1)CC2. The van der Waals surface area contributed by atoms with Crippen LogP contribution in [-0.4, -0.2) is 115 Å². The number of hydrogen-bond acceptors (Lipinski definition) is 6. The molecular formula is C42H49ClF7N7O4. The van der Waals surface area contributed by atoms with Crippen LogP contribution in [0.4, 0.5) is 40.3 Å². The highest BCUT2D eigenvalue weighted by atomic mass is 35.5. The zero-order valence-electron chi connectivity index (χ0n) is 31.8. The number of nitrogens with one attached hydrogen (secondary N) is 1. The van der Waals surface area contributed by atoms with Crippen LogP contribution in [0, 0.1) is 5.82 Å². The van der Waals surface area contributed by atoms with Gasteiger partial charge in [-0.1, -0.05) is 20.9 Å². The van der Waals surface area contributed by atoms with Gasteiger partial charge in [-0.3, -0.25) is 18.8 Å². The Morgan fingerprint density at radius 2 is 1.33 bits per heavy atom. The maximum absolute atomic E-state index is 15.0. The molecule has 3 saturated heterocycles. The molecule has 1 N–H and O–H groups in total. The normalized spacial score (nSPS) is 20.5. The van der Waals surface area contributed by atoms with E-state index >= 15 is 4.39 Å². The van der Waals surface area contributed by atoms with E-state index in [-0.39, 0.29) is 128 Å². The molecule has 3 aromatic heterocycles. The number of likely N-dealkylation sites (tertiary alicyclic amines) is 2. The minimum atomic E-state index is -2.77. The third-order valence-electron chi connectivity index (χ3n) is 11.2. The summed E-state index contributed by atoms with van der Waals surface area (Å²) in [6.07, 6.45) is 3.52. The largest absolute Gasteiger partial charge is 0.345 e. The molecule has 19 heteroatoms. The Morgan fingerprint density at radius 3 is 1.92 bits per heavy atom. The number of Topliss-reactive ketones (excluding diaryl/α,β-unsaturated/α-hetero) is 2. The van der Waals surface area contributed by atoms with E-state index < -0.39 is 29.0 Å². The zero-order valence-corrected chi connectivity index (χ0v) is 32.5. The van der Waals surface area contributed by atoms with Gasteiger partial charge in [-0.05, 0) is 41.4 Å². The van der Waals surface area contributed by atoms with Crippen LogP contribution in [0.5, 0.6) is 0 Å². The lowest BCUT2D eigenvalue weighted by atomic mass is 9.98. The van der Waals surface area contributed by atoms with Crippen molar-refractivity contribution >= 4 is 62.3 Å². The number of amides is 3. The molecule has 4 aliphatic heterocycles. The highest BCUT2D eigenvalue weighted by Gasteiger charge is 2.39. The van der Waals surface area contributed by atoms with Crippen molar-refractivity contribution in [3.8, 4) is 0 Å². The van der Waals surface area contributed by atoms with Gasteiger partial charge in [0.25, 0.3) is 17.8 Å². The first kappa shape index (κ1) is 47.1. The van der Waals surface area contributed by atoms with Crippen LogP contribution in [0.25, 0.3) is 27.7 Å². The van der Waals surface area contributed by atoms with Gasteiger partial charge in [0.15, 0.2) is 11.6 Å². The first-order chi connectivity index (χ1) is 27.9. The van der Waals surface area contributed by atoms with Gasteiger partial charge in [-0.25, -0.2) is 40.5 Å². The van der Waals surface area contributed by atoms with Crippen molar-refractivity contribution in [2.45, 2.75) is 90.7 Å². The highest BCUT2D eigenvalue weighted by molar-refractivity contribution is 6.62. The molecule has 0 bridgehead atoms. The second kappa shape index (κ2) is 18.6. The first-order valence-electron chi connectivity index (χ1n) is 19.3. The molecule has 7 heterocycles. The number of aromatic nitrogens is 3. The Balaban J connectivity index is 0.000000277. The third kappa shape index (κ3) is 10.4. The molecule has 61 heavy (non-hydrogen) atoms. The number of carbonyl (C=O) groups is 4. The number of nitrogens with zero attached hydrogens (tertiary/aromatic N) is 6. The number of hydrogen-bond donors (Lipinski definition) is 1. The molecule has 3 amide bonds. The van der Waals surface area contributed by atoms with Crippen LogP contribution in [-0.2, 0) is 22.7 Å². The number of benzene rings is 1. The van der Waals surface area contributed by atoms with Crippen molar-refractivity contribution in [2.75, 3.05) is 45.8 Å². The summed E-state index contributed by atoms with van der Waals surface area (Å²) in [7, 11) is 0. The second-order valence-electron chi connectivity index (χ2n) is 15.3. The van der Waals surface area contributed by atoms with Crippen LogP contribution in [0.3, 0.4) is 0 Å². The molecule has 9 rings (SSSR count). The van der Waals surface area contributed by atoms with Gasteiger partial charge in [0.2, 0.25) is 0 Å². The van der Waals surface area contributed by atoms with E-state index in [1.165, 1.54) is 21.9 Å². The van der Waals surface area contributed by atoms with E-state index in [0.29, 0.717) is 53.0 Å². The third-order valence-corrected chi connectivity index (χ3v) is 11.4. The van der Waals surface area contributed by atoms with Crippen molar-refractivity contribution in [1.82, 2.24) is 34.0 Å². The number of urea groups is 1.